The highest BCUT2D eigenvalue weighted by Gasteiger charge is 2.30. The Balaban J connectivity index is 1.95. The van der Waals surface area contributed by atoms with Crippen LogP contribution in [-0.4, -0.2) is 25.5 Å². The Labute approximate surface area is 157 Å². The highest BCUT2D eigenvalue weighted by atomic mass is 15.1. The topological polar surface area (TPSA) is 50.4 Å². The minimum atomic E-state index is 0.184. The van der Waals surface area contributed by atoms with Crippen LogP contribution in [-0.2, 0) is 0 Å². The van der Waals surface area contributed by atoms with Crippen LogP contribution in [0.25, 0.3) is 0 Å². The molecular formula is C22H45N3. The molecule has 0 bridgehead atoms. The van der Waals surface area contributed by atoms with Gasteiger partial charge < -0.3 is 11.1 Å². The zero-order valence-electron chi connectivity index (χ0n) is 17.3. The van der Waals surface area contributed by atoms with Gasteiger partial charge in [-0.15, -0.1) is 0 Å². The van der Waals surface area contributed by atoms with Gasteiger partial charge in [0.1, 0.15) is 5.84 Å². The third-order valence-electron chi connectivity index (χ3n) is 5.77. The van der Waals surface area contributed by atoms with E-state index in [9.17, 15) is 0 Å². The molecule has 3 nitrogen and oxygen atoms in total. The quantitative estimate of drug-likeness (QED) is 0.324. The Kier molecular flexibility index (Phi) is 13.1. The van der Waals surface area contributed by atoms with Crippen molar-refractivity contribution in [2.45, 2.75) is 110 Å². The van der Waals surface area contributed by atoms with Crippen LogP contribution in [0.5, 0.6) is 0 Å². The van der Waals surface area contributed by atoms with Crippen LogP contribution in [0, 0.1) is 5.41 Å². The number of unbranched alkanes of at least 4 members (excludes halogenated alkanes) is 12. The van der Waals surface area contributed by atoms with E-state index in [1.807, 2.05) is 0 Å². The van der Waals surface area contributed by atoms with Gasteiger partial charge in [-0.3, -0.25) is 4.99 Å². The van der Waals surface area contributed by atoms with Crippen molar-refractivity contribution in [3.63, 3.8) is 0 Å². The zero-order valence-corrected chi connectivity index (χ0v) is 17.3. The van der Waals surface area contributed by atoms with Crippen molar-refractivity contribution in [1.82, 2.24) is 5.32 Å². The number of hydrogen-bond acceptors (Lipinski definition) is 3. The van der Waals surface area contributed by atoms with E-state index in [2.05, 4.69) is 24.2 Å². The van der Waals surface area contributed by atoms with Gasteiger partial charge in [-0.25, -0.2) is 0 Å². The molecule has 148 valence electrons. The molecule has 0 saturated heterocycles. The minimum Gasteiger partial charge on any atom is -0.372 e. The van der Waals surface area contributed by atoms with Crippen molar-refractivity contribution in [3.05, 3.63) is 0 Å². The molecular weight excluding hydrogens is 306 g/mol. The maximum absolute atomic E-state index is 5.84. The molecule has 0 aromatic carbocycles. The van der Waals surface area contributed by atoms with Gasteiger partial charge in [-0.1, -0.05) is 97.3 Å². The largest absolute Gasteiger partial charge is 0.372 e. The molecule has 1 heterocycles. The summed E-state index contributed by atoms with van der Waals surface area (Å²) >= 11 is 0. The molecule has 1 rings (SSSR count). The third kappa shape index (κ3) is 10.2. The Morgan fingerprint density at radius 1 is 0.840 bits per heavy atom. The molecule has 0 amide bonds. The van der Waals surface area contributed by atoms with Crippen molar-refractivity contribution in [3.8, 4) is 0 Å². The van der Waals surface area contributed by atoms with Gasteiger partial charge in [0.05, 0.1) is 6.54 Å². The standard InChI is InChI=1S/C22H45N3/c1-3-4-5-6-7-8-9-10-11-12-13-14-15-16-22(2,17-18-23)21-24-19-20-25-21/h3-20,23H2,1-2H3,(H,24,25). The number of nitrogens with two attached hydrogens (primary N) is 1. The molecule has 0 aliphatic carbocycles. The van der Waals surface area contributed by atoms with Crippen molar-refractivity contribution < 1.29 is 0 Å². The predicted molar refractivity (Wildman–Crippen MR) is 112 cm³/mol. The zero-order chi connectivity index (χ0) is 18.2. The fraction of sp³-hybridized carbons (Fsp3) is 0.955. The van der Waals surface area contributed by atoms with E-state index in [0.29, 0.717) is 0 Å². The summed E-state index contributed by atoms with van der Waals surface area (Å²) < 4.78 is 0. The molecule has 3 heteroatoms. The Morgan fingerprint density at radius 3 is 1.80 bits per heavy atom. The lowest BCUT2D eigenvalue weighted by atomic mass is 9.80. The summed E-state index contributed by atoms with van der Waals surface area (Å²) in [6.45, 7) is 7.34. The number of amidine groups is 1. The lowest BCUT2D eigenvalue weighted by Crippen LogP contribution is -2.38. The van der Waals surface area contributed by atoms with Gasteiger partial charge >= 0.3 is 0 Å². The average Bonchev–Trinajstić information content (AvgIpc) is 3.15. The maximum atomic E-state index is 5.84. The summed E-state index contributed by atoms with van der Waals surface area (Å²) in [7, 11) is 0. The van der Waals surface area contributed by atoms with Gasteiger partial charge in [-0.05, 0) is 19.4 Å². The van der Waals surface area contributed by atoms with Crippen LogP contribution >= 0.6 is 0 Å². The van der Waals surface area contributed by atoms with E-state index in [1.165, 1.54) is 95.7 Å². The molecule has 0 fully saturated rings. The van der Waals surface area contributed by atoms with E-state index in [4.69, 9.17) is 5.73 Å². The summed E-state index contributed by atoms with van der Waals surface area (Å²) in [4.78, 5) is 4.66. The van der Waals surface area contributed by atoms with E-state index in [1.54, 1.807) is 0 Å². The van der Waals surface area contributed by atoms with Crippen molar-refractivity contribution in [2.24, 2.45) is 16.1 Å². The van der Waals surface area contributed by atoms with E-state index >= 15 is 0 Å². The van der Waals surface area contributed by atoms with Gasteiger partial charge in [0.25, 0.3) is 0 Å². The highest BCUT2D eigenvalue weighted by molar-refractivity contribution is 5.89. The maximum Gasteiger partial charge on any atom is 0.102 e. The number of nitrogens with zero attached hydrogens (tertiary/aromatic N) is 1. The summed E-state index contributed by atoms with van der Waals surface area (Å²) in [6.07, 6.45) is 20.7. The first-order valence-electron chi connectivity index (χ1n) is 11.2. The van der Waals surface area contributed by atoms with E-state index < -0.39 is 0 Å². The van der Waals surface area contributed by atoms with Crippen molar-refractivity contribution in [2.75, 3.05) is 19.6 Å². The Hall–Kier alpha value is -0.570. The van der Waals surface area contributed by atoms with Gasteiger partial charge in [0.15, 0.2) is 0 Å². The second kappa shape index (κ2) is 14.6. The van der Waals surface area contributed by atoms with Crippen LogP contribution in [0.4, 0.5) is 0 Å². The lowest BCUT2D eigenvalue weighted by molar-refractivity contribution is 0.371. The third-order valence-corrected chi connectivity index (χ3v) is 5.77. The van der Waals surface area contributed by atoms with Crippen LogP contribution < -0.4 is 11.1 Å². The molecule has 0 spiro atoms. The first kappa shape index (κ1) is 22.5. The summed E-state index contributed by atoms with van der Waals surface area (Å²) in [5.74, 6) is 1.22. The van der Waals surface area contributed by atoms with Gasteiger partial charge in [0, 0.05) is 12.0 Å². The SMILES string of the molecule is CCCCCCCCCCCCCCCC(C)(CCN)C1=NCCN1. The molecule has 1 atom stereocenters. The smallest absolute Gasteiger partial charge is 0.102 e. The second-order valence-corrected chi connectivity index (χ2v) is 8.25. The van der Waals surface area contributed by atoms with Gasteiger partial charge in [0.2, 0.25) is 0 Å². The molecule has 1 aliphatic rings. The first-order valence-corrected chi connectivity index (χ1v) is 11.2. The number of hydrogen-bond donors (Lipinski definition) is 2. The molecule has 0 aromatic heterocycles. The minimum absolute atomic E-state index is 0.184. The number of aliphatic imine (C=N–C) groups is 1. The van der Waals surface area contributed by atoms with E-state index in [0.717, 1.165) is 26.1 Å². The normalized spacial score (nSPS) is 16.5. The molecule has 0 radical (unpaired) electrons. The van der Waals surface area contributed by atoms with E-state index in [-0.39, 0.29) is 5.41 Å². The monoisotopic (exact) mass is 351 g/mol. The van der Waals surface area contributed by atoms with Crippen LogP contribution in [0.3, 0.4) is 0 Å². The molecule has 3 N–H and O–H groups in total. The second-order valence-electron chi connectivity index (χ2n) is 8.25. The molecule has 25 heavy (non-hydrogen) atoms. The summed E-state index contributed by atoms with van der Waals surface area (Å²) in [5, 5.41) is 3.47. The number of rotatable bonds is 17. The number of nitrogens with one attached hydrogen (secondary N) is 1. The average molecular weight is 352 g/mol. The summed E-state index contributed by atoms with van der Waals surface area (Å²) in [5.41, 5.74) is 6.03. The fourth-order valence-electron chi connectivity index (χ4n) is 4.02. The molecule has 1 unspecified atom stereocenters. The van der Waals surface area contributed by atoms with Crippen molar-refractivity contribution in [1.29, 1.82) is 0 Å². The Bertz CT molecular complexity index is 340. The molecule has 1 aliphatic heterocycles. The predicted octanol–water partition coefficient (Wildman–Crippen LogP) is 5.82. The summed E-state index contributed by atoms with van der Waals surface area (Å²) in [6, 6.07) is 0. The first-order chi connectivity index (χ1) is 12.2. The highest BCUT2D eigenvalue weighted by Crippen LogP contribution is 2.30. The van der Waals surface area contributed by atoms with Gasteiger partial charge in [-0.2, -0.15) is 0 Å². The fourth-order valence-corrected chi connectivity index (χ4v) is 4.02. The van der Waals surface area contributed by atoms with Crippen molar-refractivity contribution >= 4 is 5.84 Å². The van der Waals surface area contributed by atoms with Crippen LogP contribution in [0.1, 0.15) is 110 Å². The Morgan fingerprint density at radius 2 is 1.36 bits per heavy atom. The van der Waals surface area contributed by atoms with Crippen LogP contribution in [0.15, 0.2) is 4.99 Å². The molecule has 0 saturated carbocycles. The lowest BCUT2D eigenvalue weighted by Gasteiger charge is -2.29. The van der Waals surface area contributed by atoms with Crippen LogP contribution in [0.2, 0.25) is 0 Å². The molecule has 0 aromatic rings.